The van der Waals surface area contributed by atoms with Gasteiger partial charge in [0.2, 0.25) is 5.91 Å². The van der Waals surface area contributed by atoms with Gasteiger partial charge in [0.05, 0.1) is 24.7 Å². The average molecular weight is 622 g/mol. The van der Waals surface area contributed by atoms with Gasteiger partial charge in [-0.1, -0.05) is 39.0 Å². The van der Waals surface area contributed by atoms with Crippen LogP contribution in [-0.4, -0.2) is 91.0 Å². The first-order chi connectivity index (χ1) is 21.1. The lowest BCUT2D eigenvalue weighted by molar-refractivity contribution is -0.128. The van der Waals surface area contributed by atoms with Crippen LogP contribution >= 0.6 is 0 Å². The van der Waals surface area contributed by atoms with Crippen LogP contribution in [0.2, 0.25) is 0 Å². The predicted molar refractivity (Wildman–Crippen MR) is 174 cm³/mol. The van der Waals surface area contributed by atoms with Gasteiger partial charge in [0.1, 0.15) is 12.1 Å². The molecule has 1 saturated heterocycles. The van der Waals surface area contributed by atoms with Crippen molar-refractivity contribution in [3.05, 3.63) is 12.0 Å². The van der Waals surface area contributed by atoms with E-state index in [0.717, 1.165) is 90.4 Å². The molecular weight excluding hydrogens is 561 g/mol. The van der Waals surface area contributed by atoms with Gasteiger partial charge in [-0.25, -0.2) is 4.39 Å². The van der Waals surface area contributed by atoms with E-state index in [1.807, 2.05) is 0 Å². The number of ether oxygens (including phenoxy) is 1. The third-order valence-electron chi connectivity index (χ3n) is 10.4. The van der Waals surface area contributed by atoms with Crippen molar-refractivity contribution in [3.63, 3.8) is 0 Å². The molecule has 0 radical (unpaired) electrons. The lowest BCUT2D eigenvalue weighted by atomic mass is 9.65. The van der Waals surface area contributed by atoms with Crippen LogP contribution in [0.25, 0.3) is 0 Å². The van der Waals surface area contributed by atoms with Crippen LogP contribution in [0.15, 0.2) is 17.0 Å². The molecule has 0 aromatic heterocycles. The third kappa shape index (κ3) is 9.67. The number of unbranched alkanes of at least 4 members (excludes halogenated alkanes) is 2. The highest BCUT2D eigenvalue weighted by atomic mass is 19.1. The van der Waals surface area contributed by atoms with Gasteiger partial charge in [-0.15, -0.1) is 0 Å². The van der Waals surface area contributed by atoms with E-state index in [2.05, 4.69) is 27.4 Å². The zero-order valence-corrected chi connectivity index (χ0v) is 27.2. The van der Waals surface area contributed by atoms with Crippen molar-refractivity contribution in [1.29, 1.82) is 0 Å². The summed E-state index contributed by atoms with van der Waals surface area (Å²) in [6, 6.07) is -0.421. The summed E-state index contributed by atoms with van der Waals surface area (Å²) in [6.45, 7) is 7.59. The number of carbonyl (C=O) groups is 1. The van der Waals surface area contributed by atoms with Gasteiger partial charge in [-0.05, 0) is 50.9 Å². The van der Waals surface area contributed by atoms with Crippen molar-refractivity contribution >= 4 is 11.6 Å². The van der Waals surface area contributed by atoms with Crippen molar-refractivity contribution in [3.8, 4) is 0 Å². The van der Waals surface area contributed by atoms with Crippen molar-refractivity contribution in [1.82, 2.24) is 20.4 Å². The summed E-state index contributed by atoms with van der Waals surface area (Å²) in [4.78, 5) is 23.6. The maximum absolute atomic E-state index is 14.7. The highest BCUT2D eigenvalue weighted by Gasteiger charge is 2.43. The van der Waals surface area contributed by atoms with Crippen LogP contribution in [0.3, 0.4) is 0 Å². The molecule has 6 atom stereocenters. The molecule has 4 rings (SSSR count). The topological polar surface area (TPSA) is 173 Å². The molecule has 1 saturated carbocycles. The molecule has 11 nitrogen and oxygen atoms in total. The number of nitrogens with zero attached hydrogens (tertiary/aromatic N) is 3. The molecule has 12 heteroatoms. The average Bonchev–Trinajstić information content (AvgIpc) is 2.99. The van der Waals surface area contributed by atoms with E-state index in [4.69, 9.17) is 32.7 Å². The summed E-state index contributed by atoms with van der Waals surface area (Å²) in [6.07, 6.45) is 12.4. The summed E-state index contributed by atoms with van der Waals surface area (Å²) in [5, 5.41) is 6.60. The van der Waals surface area contributed by atoms with E-state index in [9.17, 15) is 9.18 Å². The molecule has 3 aliphatic heterocycles. The summed E-state index contributed by atoms with van der Waals surface area (Å²) in [7, 11) is 0. The van der Waals surface area contributed by atoms with Crippen LogP contribution < -0.4 is 33.6 Å². The number of hydrogen-bond donors (Lipinski definition) is 6. The Morgan fingerprint density at radius 3 is 2.52 bits per heavy atom. The van der Waals surface area contributed by atoms with E-state index in [1.54, 1.807) is 6.92 Å². The van der Waals surface area contributed by atoms with Crippen molar-refractivity contribution in [2.24, 2.45) is 39.3 Å². The summed E-state index contributed by atoms with van der Waals surface area (Å²) >= 11 is 0. The lowest BCUT2D eigenvalue weighted by Crippen LogP contribution is -2.64. The first kappa shape index (κ1) is 35.2. The van der Waals surface area contributed by atoms with Gasteiger partial charge >= 0.3 is 0 Å². The fourth-order valence-electron chi connectivity index (χ4n) is 7.89. The first-order valence-electron chi connectivity index (χ1n) is 17.2. The molecule has 2 fully saturated rings. The molecule has 1 amide bonds. The molecule has 0 aromatic rings. The molecule has 0 bridgehead atoms. The number of allylic oxidation sites excluding steroid dienone is 1. The second-order valence-electron chi connectivity index (χ2n) is 13.8. The number of halogens is 1. The molecule has 1 spiro atoms. The van der Waals surface area contributed by atoms with Gasteiger partial charge in [0.15, 0.2) is 6.35 Å². The minimum atomic E-state index is -0.880. The van der Waals surface area contributed by atoms with E-state index in [0.29, 0.717) is 13.0 Å². The molecule has 44 heavy (non-hydrogen) atoms. The second-order valence-corrected chi connectivity index (χ2v) is 13.8. The minimum Gasteiger partial charge on any atom is -0.385 e. The van der Waals surface area contributed by atoms with Crippen molar-refractivity contribution in [2.45, 2.75) is 134 Å². The van der Waals surface area contributed by atoms with Gasteiger partial charge in [0.25, 0.3) is 0 Å². The van der Waals surface area contributed by atoms with Crippen LogP contribution in [-0.2, 0) is 9.53 Å². The number of amides is 1. The zero-order chi connectivity index (χ0) is 31.7. The maximum atomic E-state index is 14.7. The van der Waals surface area contributed by atoms with E-state index in [-0.39, 0.29) is 35.3 Å². The van der Waals surface area contributed by atoms with Gasteiger partial charge in [-0.3, -0.25) is 25.3 Å². The Kier molecular flexibility index (Phi) is 13.4. The summed E-state index contributed by atoms with van der Waals surface area (Å²) in [5.74, 6) is -1.05. The Morgan fingerprint density at radius 1 is 1.14 bits per heavy atom. The monoisotopic (exact) mass is 621 g/mol. The Labute approximate surface area is 264 Å². The van der Waals surface area contributed by atoms with Gasteiger partial charge in [-0.2, -0.15) is 0 Å². The maximum Gasteiger partial charge on any atom is 0.228 e. The Morgan fingerprint density at radius 2 is 1.86 bits per heavy atom. The molecule has 252 valence electrons. The normalized spacial score (nSPS) is 29.1. The van der Waals surface area contributed by atoms with E-state index >= 15 is 0 Å². The standard InChI is InChI=1S/C32H60FN9O2/c1-3-4-6-9-24-18-27(41-14-16-42(17-15-41)31(37)44-22(2)34)26(21-38-24)40-30(43)28(29(35)36)25-19-32(11-7-5-8-12-32)13-10-23(33)20-39-25/h20,22,25-29,31,39H,3-19,21,34-37H2,1-2H3,(H,40,43). The lowest BCUT2D eigenvalue weighted by Gasteiger charge is -2.46. The fourth-order valence-corrected chi connectivity index (χ4v) is 7.89. The number of carbonyl (C=O) groups excluding carboxylic acids is 1. The van der Waals surface area contributed by atoms with Crippen LogP contribution in [0.4, 0.5) is 4.39 Å². The van der Waals surface area contributed by atoms with Gasteiger partial charge < -0.3 is 32.6 Å². The minimum absolute atomic E-state index is 0.00588. The number of rotatable bonds is 12. The number of nitrogens with one attached hydrogen (secondary N) is 2. The Bertz CT molecular complexity index is 963. The van der Waals surface area contributed by atoms with E-state index < -0.39 is 24.7 Å². The largest absolute Gasteiger partial charge is 0.385 e. The SMILES string of the molecule is CCCCCC1=NCC(NC(=O)C(C(N)N)C2CC3(CCCCC3)CCC(F)=CN2)C(N2CCN(C(N)OC(C)N)CC2)C1. The Balaban J connectivity index is 1.49. The summed E-state index contributed by atoms with van der Waals surface area (Å²) in [5.41, 5.74) is 26.0. The highest BCUT2D eigenvalue weighted by molar-refractivity contribution is 5.86. The smallest absolute Gasteiger partial charge is 0.228 e. The van der Waals surface area contributed by atoms with Gasteiger partial charge in [0, 0.05) is 63.0 Å². The number of aliphatic imine (C=N–C) groups is 1. The van der Waals surface area contributed by atoms with E-state index in [1.165, 1.54) is 24.8 Å². The Hall–Kier alpha value is -1.67. The highest BCUT2D eigenvalue weighted by Crippen LogP contribution is 2.46. The number of nitrogens with two attached hydrogens (primary N) is 4. The quantitative estimate of drug-likeness (QED) is 0.141. The molecule has 10 N–H and O–H groups in total. The van der Waals surface area contributed by atoms with Crippen molar-refractivity contribution < 1.29 is 13.9 Å². The van der Waals surface area contributed by atoms with Crippen LogP contribution in [0.5, 0.6) is 0 Å². The molecule has 6 unspecified atom stereocenters. The first-order valence-corrected chi connectivity index (χ1v) is 17.2. The third-order valence-corrected chi connectivity index (χ3v) is 10.4. The fraction of sp³-hybridized carbons (Fsp3) is 0.875. The molecular formula is C32H60FN9O2. The molecule has 3 heterocycles. The molecule has 0 aromatic carbocycles. The predicted octanol–water partition coefficient (Wildman–Crippen LogP) is 2.21. The van der Waals surface area contributed by atoms with Crippen LogP contribution in [0.1, 0.15) is 97.3 Å². The number of piperazine rings is 1. The molecule has 4 aliphatic rings. The summed E-state index contributed by atoms with van der Waals surface area (Å²) < 4.78 is 20.3. The number of hydrogen-bond acceptors (Lipinski definition) is 10. The molecule has 1 aliphatic carbocycles. The zero-order valence-electron chi connectivity index (χ0n) is 27.2. The second kappa shape index (κ2) is 16.8. The van der Waals surface area contributed by atoms with Crippen molar-refractivity contribution in [2.75, 3.05) is 32.7 Å². The van der Waals surface area contributed by atoms with Crippen LogP contribution in [0, 0.1) is 11.3 Å².